The Morgan fingerprint density at radius 3 is 2.62 bits per heavy atom. The van der Waals surface area contributed by atoms with Crippen molar-refractivity contribution in [3.63, 3.8) is 0 Å². The monoisotopic (exact) mass is 176 g/mol. The van der Waals surface area contributed by atoms with Crippen molar-refractivity contribution in [1.29, 1.82) is 0 Å². The molecule has 0 bridgehead atoms. The molecule has 0 saturated heterocycles. The molecule has 0 atom stereocenters. The van der Waals surface area contributed by atoms with Gasteiger partial charge in [0.2, 0.25) is 0 Å². The number of pyridine rings is 1. The van der Waals surface area contributed by atoms with Crippen LogP contribution in [0.4, 0.5) is 5.82 Å². The lowest BCUT2D eigenvalue weighted by Gasteiger charge is -2.15. The Bertz CT molecular complexity index is 287. The summed E-state index contributed by atoms with van der Waals surface area (Å²) in [7, 11) is 2.03. The molecule has 13 heavy (non-hydrogen) atoms. The van der Waals surface area contributed by atoms with E-state index in [-0.39, 0.29) is 0 Å². The van der Waals surface area contributed by atoms with Crippen LogP contribution in [0.25, 0.3) is 5.57 Å². The predicted molar refractivity (Wildman–Crippen MR) is 57.9 cm³/mol. The number of nitrogens with zero attached hydrogens (tertiary/aromatic N) is 2. The summed E-state index contributed by atoms with van der Waals surface area (Å²) in [5.41, 5.74) is 2.16. The third-order valence-corrected chi connectivity index (χ3v) is 2.11. The van der Waals surface area contributed by atoms with Crippen LogP contribution in [0.2, 0.25) is 0 Å². The molecule has 0 spiro atoms. The van der Waals surface area contributed by atoms with Gasteiger partial charge in [-0.1, -0.05) is 6.58 Å². The van der Waals surface area contributed by atoms with E-state index in [1.54, 1.807) is 0 Å². The van der Waals surface area contributed by atoms with Crippen molar-refractivity contribution in [2.75, 3.05) is 18.5 Å². The van der Waals surface area contributed by atoms with Crippen LogP contribution >= 0.6 is 0 Å². The first-order valence-electron chi connectivity index (χ1n) is 4.48. The van der Waals surface area contributed by atoms with E-state index in [0.717, 1.165) is 23.5 Å². The SMILES string of the molecule is C=C(C)c1ccc(N(C)CC)nc1. The topological polar surface area (TPSA) is 16.1 Å². The molecule has 1 aromatic heterocycles. The van der Waals surface area contributed by atoms with Gasteiger partial charge in [-0.25, -0.2) is 4.98 Å². The zero-order valence-corrected chi connectivity index (χ0v) is 8.54. The zero-order chi connectivity index (χ0) is 9.84. The minimum Gasteiger partial charge on any atom is -0.360 e. The van der Waals surface area contributed by atoms with Crippen LogP contribution in [0.3, 0.4) is 0 Å². The van der Waals surface area contributed by atoms with Crippen LogP contribution in [0.15, 0.2) is 24.9 Å². The maximum absolute atomic E-state index is 4.34. The lowest BCUT2D eigenvalue weighted by atomic mass is 10.1. The Morgan fingerprint density at radius 1 is 1.54 bits per heavy atom. The fourth-order valence-electron chi connectivity index (χ4n) is 1.03. The van der Waals surface area contributed by atoms with Crippen LogP contribution in [0, 0.1) is 0 Å². The Labute approximate surface area is 79.9 Å². The predicted octanol–water partition coefficient (Wildman–Crippen LogP) is 2.57. The fraction of sp³-hybridized carbons (Fsp3) is 0.364. The average molecular weight is 176 g/mol. The second kappa shape index (κ2) is 4.08. The van der Waals surface area contributed by atoms with Crippen molar-refractivity contribution < 1.29 is 0 Å². The van der Waals surface area contributed by atoms with Crippen LogP contribution in [0.5, 0.6) is 0 Å². The lowest BCUT2D eigenvalue weighted by molar-refractivity contribution is 0.938. The zero-order valence-electron chi connectivity index (χ0n) is 8.54. The highest BCUT2D eigenvalue weighted by atomic mass is 15.1. The van der Waals surface area contributed by atoms with Crippen molar-refractivity contribution in [3.05, 3.63) is 30.5 Å². The van der Waals surface area contributed by atoms with Gasteiger partial charge in [0.15, 0.2) is 0 Å². The molecule has 2 heteroatoms. The molecule has 2 nitrogen and oxygen atoms in total. The van der Waals surface area contributed by atoms with Crippen LogP contribution in [-0.2, 0) is 0 Å². The minimum atomic E-state index is 0.972. The molecule has 0 aromatic carbocycles. The van der Waals surface area contributed by atoms with E-state index in [2.05, 4.69) is 29.5 Å². The largest absolute Gasteiger partial charge is 0.360 e. The molecule has 0 amide bonds. The van der Waals surface area contributed by atoms with E-state index in [0.29, 0.717) is 0 Å². The molecule has 0 N–H and O–H groups in total. The highest BCUT2D eigenvalue weighted by Gasteiger charge is 1.99. The van der Waals surface area contributed by atoms with Gasteiger partial charge in [0.25, 0.3) is 0 Å². The van der Waals surface area contributed by atoms with E-state index in [4.69, 9.17) is 0 Å². The Kier molecular flexibility index (Phi) is 3.07. The summed E-state index contributed by atoms with van der Waals surface area (Å²) < 4.78 is 0. The Hall–Kier alpha value is -1.31. The van der Waals surface area contributed by atoms with Gasteiger partial charge in [0.05, 0.1) is 0 Å². The van der Waals surface area contributed by atoms with Crippen molar-refractivity contribution in [2.24, 2.45) is 0 Å². The van der Waals surface area contributed by atoms with Crippen LogP contribution in [-0.4, -0.2) is 18.6 Å². The first-order valence-corrected chi connectivity index (χ1v) is 4.48. The average Bonchev–Trinajstić information content (AvgIpc) is 2.17. The lowest BCUT2D eigenvalue weighted by Crippen LogP contribution is -2.16. The maximum atomic E-state index is 4.34. The second-order valence-electron chi connectivity index (χ2n) is 3.20. The number of allylic oxidation sites excluding steroid dienone is 1. The van der Waals surface area contributed by atoms with Gasteiger partial charge in [-0.15, -0.1) is 0 Å². The fourth-order valence-corrected chi connectivity index (χ4v) is 1.03. The summed E-state index contributed by atoms with van der Waals surface area (Å²) in [4.78, 5) is 6.44. The number of aromatic nitrogens is 1. The smallest absolute Gasteiger partial charge is 0.128 e. The Balaban J connectivity index is 2.87. The molecule has 0 radical (unpaired) electrons. The van der Waals surface area contributed by atoms with Gasteiger partial charge in [0.1, 0.15) is 5.82 Å². The maximum Gasteiger partial charge on any atom is 0.128 e. The molecule has 0 saturated carbocycles. The molecule has 0 aliphatic carbocycles. The number of anilines is 1. The summed E-state index contributed by atoms with van der Waals surface area (Å²) in [5, 5.41) is 0. The van der Waals surface area contributed by atoms with E-state index < -0.39 is 0 Å². The van der Waals surface area contributed by atoms with Crippen molar-refractivity contribution in [3.8, 4) is 0 Å². The number of hydrogen-bond acceptors (Lipinski definition) is 2. The van der Waals surface area contributed by atoms with Crippen molar-refractivity contribution in [2.45, 2.75) is 13.8 Å². The third kappa shape index (κ3) is 2.31. The van der Waals surface area contributed by atoms with E-state index >= 15 is 0 Å². The first kappa shape index (κ1) is 9.78. The summed E-state index contributed by atoms with van der Waals surface area (Å²) in [6, 6.07) is 4.07. The molecular formula is C11H16N2. The van der Waals surface area contributed by atoms with Gasteiger partial charge < -0.3 is 4.90 Å². The molecular weight excluding hydrogens is 160 g/mol. The first-order chi connectivity index (χ1) is 6.15. The summed E-state index contributed by atoms with van der Waals surface area (Å²) >= 11 is 0. The number of rotatable bonds is 3. The molecule has 1 aromatic rings. The Morgan fingerprint density at radius 2 is 2.23 bits per heavy atom. The highest BCUT2D eigenvalue weighted by Crippen LogP contribution is 2.14. The molecule has 0 fully saturated rings. The van der Waals surface area contributed by atoms with Gasteiger partial charge in [-0.3, -0.25) is 0 Å². The van der Waals surface area contributed by atoms with Gasteiger partial charge in [0, 0.05) is 19.8 Å². The van der Waals surface area contributed by atoms with Gasteiger partial charge >= 0.3 is 0 Å². The van der Waals surface area contributed by atoms with Crippen molar-refractivity contribution >= 4 is 11.4 Å². The van der Waals surface area contributed by atoms with Crippen LogP contribution < -0.4 is 4.90 Å². The van der Waals surface area contributed by atoms with E-state index in [1.165, 1.54) is 0 Å². The molecule has 1 rings (SSSR count). The van der Waals surface area contributed by atoms with Gasteiger partial charge in [-0.05, 0) is 37.1 Å². The highest BCUT2D eigenvalue weighted by molar-refractivity contribution is 5.61. The van der Waals surface area contributed by atoms with Gasteiger partial charge in [-0.2, -0.15) is 0 Å². The summed E-state index contributed by atoms with van der Waals surface area (Å²) in [6.45, 7) is 8.93. The second-order valence-corrected chi connectivity index (χ2v) is 3.20. The van der Waals surface area contributed by atoms with E-state index in [1.807, 2.05) is 26.2 Å². The number of hydrogen-bond donors (Lipinski definition) is 0. The van der Waals surface area contributed by atoms with Crippen molar-refractivity contribution in [1.82, 2.24) is 4.98 Å². The van der Waals surface area contributed by atoms with Crippen LogP contribution in [0.1, 0.15) is 19.4 Å². The standard InChI is InChI=1S/C11H16N2/c1-5-13(4)11-7-6-10(8-12-11)9(2)3/h6-8H,2,5H2,1,3-4H3. The molecule has 70 valence electrons. The normalized spacial score (nSPS) is 9.77. The summed E-state index contributed by atoms with van der Waals surface area (Å²) in [5.74, 6) is 1.01. The molecule has 0 aliphatic heterocycles. The third-order valence-electron chi connectivity index (χ3n) is 2.11. The minimum absolute atomic E-state index is 0.972. The van der Waals surface area contributed by atoms with E-state index in [9.17, 15) is 0 Å². The molecule has 1 heterocycles. The molecule has 0 unspecified atom stereocenters. The summed E-state index contributed by atoms with van der Waals surface area (Å²) in [6.07, 6.45) is 1.86. The quantitative estimate of drug-likeness (QED) is 0.703. The molecule has 0 aliphatic rings.